The van der Waals surface area contributed by atoms with E-state index in [0.29, 0.717) is 22.0 Å². The Morgan fingerprint density at radius 2 is 1.82 bits per heavy atom. The number of phenols is 1. The number of hydrogen-bond acceptors (Lipinski definition) is 4. The molecule has 3 aromatic rings. The smallest absolute Gasteiger partial charge is 0.144 e. The van der Waals surface area contributed by atoms with Crippen LogP contribution in [0.3, 0.4) is 0 Å². The normalized spacial score (nSPS) is 10.8. The lowest BCUT2D eigenvalue weighted by molar-refractivity contribution is 0.178. The molecule has 0 saturated heterocycles. The molecule has 0 aromatic heterocycles. The summed E-state index contributed by atoms with van der Waals surface area (Å²) in [5.74, 6) is 0.0414. The Morgan fingerprint density at radius 1 is 1.09 bits per heavy atom. The van der Waals surface area contributed by atoms with Crippen LogP contribution < -0.4 is 11.2 Å². The fourth-order valence-corrected chi connectivity index (χ4v) is 2.44. The summed E-state index contributed by atoms with van der Waals surface area (Å²) in [6.45, 7) is 0.159. The lowest BCUT2D eigenvalue weighted by atomic mass is 10.0. The van der Waals surface area contributed by atoms with Gasteiger partial charge in [0, 0.05) is 10.9 Å². The molecule has 0 radical (unpaired) electrons. The van der Waals surface area contributed by atoms with Crippen molar-refractivity contribution in [2.45, 2.75) is 6.61 Å². The highest BCUT2D eigenvalue weighted by atomic mass is 35.5. The Hall–Kier alpha value is -2.43. The number of hydrogen-bond donors (Lipinski definition) is 3. The van der Waals surface area contributed by atoms with E-state index in [2.05, 4.69) is 5.48 Å². The van der Waals surface area contributed by atoms with Crippen LogP contribution in [-0.4, -0.2) is 5.11 Å². The van der Waals surface area contributed by atoms with Gasteiger partial charge in [0.2, 0.25) is 0 Å². The summed E-state index contributed by atoms with van der Waals surface area (Å²) in [6.07, 6.45) is 0. The average Bonchev–Trinajstić information content (AvgIpc) is 2.54. The van der Waals surface area contributed by atoms with Crippen LogP contribution in [0.2, 0.25) is 5.02 Å². The van der Waals surface area contributed by atoms with Crippen LogP contribution in [0.25, 0.3) is 10.8 Å². The number of aromatic hydroxyl groups is 1. The second-order valence-electron chi connectivity index (χ2n) is 4.89. The number of nitrogens with two attached hydrogens (primary N) is 1. The minimum absolute atomic E-state index is 0.0414. The fraction of sp³-hybridized carbons (Fsp3) is 0.0588. The number of anilines is 2. The molecule has 0 aliphatic rings. The zero-order valence-corrected chi connectivity index (χ0v) is 12.5. The Kier molecular flexibility index (Phi) is 4.04. The van der Waals surface area contributed by atoms with Gasteiger partial charge in [-0.25, -0.2) is 0 Å². The number of rotatable bonds is 4. The van der Waals surface area contributed by atoms with E-state index in [1.165, 1.54) is 0 Å². The summed E-state index contributed by atoms with van der Waals surface area (Å²) in [4.78, 5) is 5.42. The van der Waals surface area contributed by atoms with Gasteiger partial charge < -0.3 is 10.8 Å². The first-order valence-corrected chi connectivity index (χ1v) is 7.16. The minimum Gasteiger partial charge on any atom is -0.505 e. The molecule has 0 saturated carbocycles. The van der Waals surface area contributed by atoms with Gasteiger partial charge in [-0.05, 0) is 23.6 Å². The van der Waals surface area contributed by atoms with E-state index >= 15 is 0 Å². The number of fused-ring (bicyclic) bond motifs is 1. The lowest BCUT2D eigenvalue weighted by Gasteiger charge is -2.12. The molecule has 0 atom stereocenters. The highest BCUT2D eigenvalue weighted by molar-refractivity contribution is 6.33. The molecule has 0 aliphatic carbocycles. The summed E-state index contributed by atoms with van der Waals surface area (Å²) in [5.41, 5.74) is 10.4. The standard InChI is InChI=1S/C17H15ClN2O2/c18-14-7-3-4-8-15(14)20-22-10-12-9-11-5-1-2-6-13(11)16(19)17(12)21/h1-9,20-21H,10,19H2. The van der Waals surface area contributed by atoms with Crippen LogP contribution >= 0.6 is 11.6 Å². The molecule has 22 heavy (non-hydrogen) atoms. The third kappa shape index (κ3) is 2.79. The molecule has 112 valence electrons. The van der Waals surface area contributed by atoms with E-state index in [9.17, 15) is 5.11 Å². The summed E-state index contributed by atoms with van der Waals surface area (Å²) >= 11 is 6.03. The zero-order chi connectivity index (χ0) is 15.5. The number of nitrogen functional groups attached to an aromatic ring is 1. The lowest BCUT2D eigenvalue weighted by Crippen LogP contribution is -2.03. The van der Waals surface area contributed by atoms with Gasteiger partial charge in [-0.1, -0.05) is 48.0 Å². The second-order valence-corrected chi connectivity index (χ2v) is 5.30. The predicted octanol–water partition coefficient (Wildman–Crippen LogP) is 4.32. The molecular formula is C17H15ClN2O2. The molecule has 0 aliphatic heterocycles. The van der Waals surface area contributed by atoms with E-state index < -0.39 is 0 Å². The molecule has 4 N–H and O–H groups in total. The molecule has 0 unspecified atom stereocenters. The van der Waals surface area contributed by atoms with Gasteiger partial charge in [-0.3, -0.25) is 10.3 Å². The SMILES string of the molecule is Nc1c(O)c(CONc2ccccc2Cl)cc2ccccc12. The zero-order valence-electron chi connectivity index (χ0n) is 11.7. The van der Waals surface area contributed by atoms with Crippen LogP contribution in [0, 0.1) is 0 Å². The number of para-hydroxylation sites is 1. The van der Waals surface area contributed by atoms with Gasteiger partial charge in [0.05, 0.1) is 16.4 Å². The summed E-state index contributed by atoms with van der Waals surface area (Å²) < 4.78 is 0. The maximum absolute atomic E-state index is 10.2. The van der Waals surface area contributed by atoms with Gasteiger partial charge in [0.1, 0.15) is 12.4 Å². The first kappa shape index (κ1) is 14.5. The van der Waals surface area contributed by atoms with Crippen molar-refractivity contribution in [2.75, 3.05) is 11.2 Å². The number of nitrogens with one attached hydrogen (secondary N) is 1. The minimum atomic E-state index is 0.0414. The van der Waals surface area contributed by atoms with Crippen molar-refractivity contribution in [3.05, 3.63) is 65.2 Å². The van der Waals surface area contributed by atoms with Crippen molar-refractivity contribution >= 4 is 33.7 Å². The van der Waals surface area contributed by atoms with Crippen molar-refractivity contribution in [1.82, 2.24) is 0 Å². The van der Waals surface area contributed by atoms with Gasteiger partial charge in [0.25, 0.3) is 0 Å². The molecule has 0 spiro atoms. The third-order valence-corrected chi connectivity index (χ3v) is 3.75. The quantitative estimate of drug-likeness (QED) is 0.381. The molecule has 3 aromatic carbocycles. The Balaban J connectivity index is 1.79. The molecular weight excluding hydrogens is 300 g/mol. The molecule has 0 bridgehead atoms. The first-order valence-electron chi connectivity index (χ1n) is 6.78. The van der Waals surface area contributed by atoms with E-state index in [1.54, 1.807) is 12.1 Å². The molecule has 5 heteroatoms. The van der Waals surface area contributed by atoms with E-state index in [1.807, 2.05) is 42.5 Å². The summed E-state index contributed by atoms with van der Waals surface area (Å²) in [6, 6.07) is 16.7. The number of halogens is 1. The molecule has 4 nitrogen and oxygen atoms in total. The van der Waals surface area contributed by atoms with Crippen LogP contribution in [0.15, 0.2) is 54.6 Å². The highest BCUT2D eigenvalue weighted by Crippen LogP contribution is 2.34. The third-order valence-electron chi connectivity index (χ3n) is 3.42. The van der Waals surface area contributed by atoms with Crippen molar-refractivity contribution in [2.24, 2.45) is 0 Å². The Labute approximate surface area is 133 Å². The molecule has 0 amide bonds. The summed E-state index contributed by atoms with van der Waals surface area (Å²) in [7, 11) is 0. The fourth-order valence-electron chi connectivity index (χ4n) is 2.27. The van der Waals surface area contributed by atoms with Gasteiger partial charge in [0.15, 0.2) is 0 Å². The predicted molar refractivity (Wildman–Crippen MR) is 89.9 cm³/mol. The largest absolute Gasteiger partial charge is 0.505 e. The second kappa shape index (κ2) is 6.13. The average molecular weight is 315 g/mol. The summed E-state index contributed by atoms with van der Waals surface area (Å²) in [5, 5.41) is 12.5. The van der Waals surface area contributed by atoms with Crippen LogP contribution in [-0.2, 0) is 11.4 Å². The van der Waals surface area contributed by atoms with Gasteiger partial charge in [-0.2, -0.15) is 0 Å². The Morgan fingerprint density at radius 3 is 2.64 bits per heavy atom. The molecule has 0 heterocycles. The van der Waals surface area contributed by atoms with E-state index in [4.69, 9.17) is 22.2 Å². The van der Waals surface area contributed by atoms with E-state index in [-0.39, 0.29) is 12.4 Å². The maximum Gasteiger partial charge on any atom is 0.144 e. The highest BCUT2D eigenvalue weighted by Gasteiger charge is 2.10. The van der Waals surface area contributed by atoms with Crippen LogP contribution in [0.1, 0.15) is 5.56 Å². The van der Waals surface area contributed by atoms with Gasteiger partial charge >= 0.3 is 0 Å². The molecule has 0 fully saturated rings. The van der Waals surface area contributed by atoms with Crippen molar-refractivity contribution < 1.29 is 9.94 Å². The number of benzene rings is 3. The van der Waals surface area contributed by atoms with Crippen molar-refractivity contribution in [1.29, 1.82) is 0 Å². The topological polar surface area (TPSA) is 67.5 Å². The van der Waals surface area contributed by atoms with E-state index in [0.717, 1.165) is 10.8 Å². The molecule has 3 rings (SSSR count). The van der Waals surface area contributed by atoms with Crippen molar-refractivity contribution in [3.8, 4) is 5.75 Å². The monoisotopic (exact) mass is 314 g/mol. The maximum atomic E-state index is 10.2. The van der Waals surface area contributed by atoms with Crippen LogP contribution in [0.5, 0.6) is 5.75 Å². The number of phenolic OH excluding ortho intramolecular Hbond substituents is 1. The van der Waals surface area contributed by atoms with Crippen molar-refractivity contribution in [3.63, 3.8) is 0 Å². The Bertz CT molecular complexity index is 821. The van der Waals surface area contributed by atoms with Crippen LogP contribution in [0.4, 0.5) is 11.4 Å². The van der Waals surface area contributed by atoms with Gasteiger partial charge in [-0.15, -0.1) is 0 Å². The first-order chi connectivity index (χ1) is 10.7.